The number of hydrazine groups is 1. The average molecular weight is 397 g/mol. The number of benzene rings is 3. The summed E-state index contributed by atoms with van der Waals surface area (Å²) in [6, 6.07) is 22.8. The van der Waals surface area contributed by atoms with E-state index in [9.17, 15) is 0 Å². The van der Waals surface area contributed by atoms with Crippen molar-refractivity contribution in [3.8, 4) is 11.5 Å². The van der Waals surface area contributed by atoms with Crippen LogP contribution < -0.4 is 25.4 Å². The molecule has 5 nitrogen and oxygen atoms in total. The van der Waals surface area contributed by atoms with Gasteiger partial charge in [0.05, 0.1) is 35.3 Å². The lowest BCUT2D eigenvalue weighted by atomic mass is 10.3. The molecule has 0 saturated carbocycles. The van der Waals surface area contributed by atoms with Gasteiger partial charge in [0.1, 0.15) is 11.5 Å². The standard InChI is InChI=1S/C22H23ClN3O2/c1-3-27-19-14-12-18(13-15-19)26(25-22-11-6-5-10-21(22)23)24-17-8-7-9-20(16-17)28-4-2/h5-16,25H,3-4H2,1-2H3. The molecule has 0 aliphatic heterocycles. The monoisotopic (exact) mass is 396 g/mol. The minimum absolute atomic E-state index is 0.601. The van der Waals surface area contributed by atoms with Crippen molar-refractivity contribution in [1.82, 2.24) is 5.43 Å². The molecular formula is C22H23ClN3O2. The summed E-state index contributed by atoms with van der Waals surface area (Å²) in [6.45, 7) is 5.13. The van der Waals surface area contributed by atoms with Crippen LogP contribution >= 0.6 is 11.6 Å². The number of nitrogens with one attached hydrogen (secondary N) is 1. The van der Waals surface area contributed by atoms with Gasteiger partial charge in [0.2, 0.25) is 0 Å². The molecule has 3 rings (SSSR count). The van der Waals surface area contributed by atoms with Crippen molar-refractivity contribution in [1.29, 1.82) is 0 Å². The van der Waals surface area contributed by atoms with Gasteiger partial charge in [0.25, 0.3) is 0 Å². The molecule has 1 N–H and O–H groups in total. The molecule has 3 aromatic carbocycles. The molecule has 0 aliphatic carbocycles. The van der Waals surface area contributed by atoms with Gasteiger partial charge in [-0.1, -0.05) is 29.8 Å². The lowest BCUT2D eigenvalue weighted by Crippen LogP contribution is -2.35. The maximum absolute atomic E-state index is 6.32. The molecule has 3 aromatic rings. The maximum atomic E-state index is 6.32. The number of para-hydroxylation sites is 1. The largest absolute Gasteiger partial charge is 0.494 e. The molecule has 0 saturated heterocycles. The molecule has 0 fully saturated rings. The number of hydrogen-bond donors (Lipinski definition) is 1. The van der Waals surface area contributed by atoms with Gasteiger partial charge in [-0.2, -0.15) is 10.5 Å². The summed E-state index contributed by atoms with van der Waals surface area (Å²) in [6.07, 6.45) is 0. The Morgan fingerprint density at radius 3 is 2.29 bits per heavy atom. The van der Waals surface area contributed by atoms with Gasteiger partial charge >= 0.3 is 0 Å². The Hall–Kier alpha value is -3.05. The van der Waals surface area contributed by atoms with Crippen molar-refractivity contribution in [2.45, 2.75) is 13.8 Å². The lowest BCUT2D eigenvalue weighted by molar-refractivity contribution is 0.340. The van der Waals surface area contributed by atoms with Gasteiger partial charge in [-0.3, -0.25) is 5.43 Å². The summed E-state index contributed by atoms with van der Waals surface area (Å²) in [4.78, 5) is 0. The molecule has 0 bridgehead atoms. The third-order valence-electron chi connectivity index (χ3n) is 3.84. The fraction of sp³-hybridized carbons (Fsp3) is 0.182. The predicted octanol–water partition coefficient (Wildman–Crippen LogP) is 5.82. The smallest absolute Gasteiger partial charge is 0.121 e. The molecule has 0 atom stereocenters. The Bertz CT molecular complexity index is 887. The zero-order chi connectivity index (χ0) is 19.8. The van der Waals surface area contributed by atoms with Crippen molar-refractivity contribution in [3.63, 3.8) is 0 Å². The predicted molar refractivity (Wildman–Crippen MR) is 115 cm³/mol. The van der Waals surface area contributed by atoms with Crippen LogP contribution in [-0.2, 0) is 0 Å². The fourth-order valence-corrected chi connectivity index (χ4v) is 2.76. The molecule has 0 aliphatic rings. The highest BCUT2D eigenvalue weighted by molar-refractivity contribution is 6.33. The number of rotatable bonds is 9. The van der Waals surface area contributed by atoms with Crippen molar-refractivity contribution < 1.29 is 9.47 Å². The van der Waals surface area contributed by atoms with Crippen LogP contribution in [0.2, 0.25) is 5.02 Å². The molecule has 0 aromatic heterocycles. The normalized spacial score (nSPS) is 10.2. The highest BCUT2D eigenvalue weighted by Gasteiger charge is 2.12. The van der Waals surface area contributed by atoms with Crippen molar-refractivity contribution >= 4 is 28.7 Å². The SMILES string of the molecule is CCOc1ccc(N([N]c2cccc(OCC)c2)Nc2ccccc2Cl)cc1. The van der Waals surface area contributed by atoms with Crippen LogP contribution in [0.25, 0.3) is 0 Å². The second kappa shape index (κ2) is 9.76. The van der Waals surface area contributed by atoms with Crippen molar-refractivity contribution in [2.24, 2.45) is 0 Å². The van der Waals surface area contributed by atoms with E-state index >= 15 is 0 Å². The molecule has 6 heteroatoms. The number of nitrogens with zero attached hydrogens (tertiary/aromatic N) is 2. The van der Waals surface area contributed by atoms with E-state index in [0.29, 0.717) is 18.2 Å². The summed E-state index contributed by atoms with van der Waals surface area (Å²) >= 11 is 6.32. The third-order valence-corrected chi connectivity index (χ3v) is 4.17. The second-order valence-corrected chi connectivity index (χ2v) is 6.27. The van der Waals surface area contributed by atoms with Crippen LogP contribution in [0.15, 0.2) is 72.8 Å². The Kier molecular flexibility index (Phi) is 6.87. The lowest BCUT2D eigenvalue weighted by Gasteiger charge is -2.25. The molecule has 145 valence electrons. The van der Waals surface area contributed by atoms with E-state index in [4.69, 9.17) is 26.5 Å². The van der Waals surface area contributed by atoms with Crippen LogP contribution in [0.3, 0.4) is 0 Å². The second-order valence-electron chi connectivity index (χ2n) is 5.86. The quantitative estimate of drug-likeness (QED) is 0.463. The third kappa shape index (κ3) is 5.24. The van der Waals surface area contributed by atoms with Crippen LogP contribution in [0, 0.1) is 0 Å². The van der Waals surface area contributed by atoms with Gasteiger partial charge in [0, 0.05) is 6.07 Å². The van der Waals surface area contributed by atoms with E-state index < -0.39 is 0 Å². The first-order chi connectivity index (χ1) is 13.7. The first kappa shape index (κ1) is 19.7. The van der Waals surface area contributed by atoms with Crippen LogP contribution in [-0.4, -0.2) is 13.2 Å². The minimum atomic E-state index is 0.601. The van der Waals surface area contributed by atoms with Crippen LogP contribution in [0.4, 0.5) is 17.1 Å². The van der Waals surface area contributed by atoms with Crippen molar-refractivity contribution in [2.75, 3.05) is 23.8 Å². The topological polar surface area (TPSA) is 47.8 Å². The average Bonchev–Trinajstić information content (AvgIpc) is 2.71. The van der Waals surface area contributed by atoms with Crippen molar-refractivity contribution in [3.05, 3.63) is 77.8 Å². The highest BCUT2D eigenvalue weighted by Crippen LogP contribution is 2.26. The first-order valence-corrected chi connectivity index (χ1v) is 9.56. The van der Waals surface area contributed by atoms with E-state index in [1.807, 2.05) is 86.6 Å². The van der Waals surface area contributed by atoms with Gasteiger partial charge in [-0.15, -0.1) is 0 Å². The minimum Gasteiger partial charge on any atom is -0.494 e. The van der Waals surface area contributed by atoms with E-state index in [1.54, 1.807) is 5.12 Å². The summed E-state index contributed by atoms with van der Waals surface area (Å²) in [7, 11) is 0. The number of ether oxygens (including phenoxy) is 2. The summed E-state index contributed by atoms with van der Waals surface area (Å²) in [5.41, 5.74) is 10.3. The number of hydrogen-bond acceptors (Lipinski definition) is 4. The van der Waals surface area contributed by atoms with E-state index in [2.05, 4.69) is 5.43 Å². The van der Waals surface area contributed by atoms with Gasteiger partial charge in [-0.05, 0) is 62.4 Å². The van der Waals surface area contributed by atoms with Crippen LogP contribution in [0.5, 0.6) is 11.5 Å². The van der Waals surface area contributed by atoms with E-state index in [-0.39, 0.29) is 0 Å². The Labute approximate surface area is 170 Å². The number of halogens is 1. The van der Waals surface area contributed by atoms with Gasteiger partial charge in [0.15, 0.2) is 0 Å². The molecule has 1 radical (unpaired) electrons. The Balaban J connectivity index is 1.87. The molecule has 0 amide bonds. The fourth-order valence-electron chi connectivity index (χ4n) is 2.58. The Morgan fingerprint density at radius 2 is 1.57 bits per heavy atom. The maximum Gasteiger partial charge on any atom is 0.121 e. The molecule has 0 unspecified atom stereocenters. The summed E-state index contributed by atoms with van der Waals surface area (Å²) < 4.78 is 11.1. The highest BCUT2D eigenvalue weighted by atomic mass is 35.5. The first-order valence-electron chi connectivity index (χ1n) is 9.18. The van der Waals surface area contributed by atoms with E-state index in [0.717, 1.165) is 28.6 Å². The van der Waals surface area contributed by atoms with Crippen LogP contribution in [0.1, 0.15) is 13.8 Å². The van der Waals surface area contributed by atoms with Gasteiger partial charge in [-0.25, -0.2) is 0 Å². The molecule has 0 spiro atoms. The Morgan fingerprint density at radius 1 is 0.857 bits per heavy atom. The molecular weight excluding hydrogens is 374 g/mol. The zero-order valence-electron chi connectivity index (χ0n) is 15.9. The van der Waals surface area contributed by atoms with Gasteiger partial charge < -0.3 is 9.47 Å². The zero-order valence-corrected chi connectivity index (χ0v) is 16.7. The summed E-state index contributed by atoms with van der Waals surface area (Å²) in [5.74, 6) is 1.58. The summed E-state index contributed by atoms with van der Waals surface area (Å²) in [5, 5.41) is 2.29. The number of anilines is 2. The molecule has 28 heavy (non-hydrogen) atoms. The molecule has 0 heterocycles. The van der Waals surface area contributed by atoms with E-state index in [1.165, 1.54) is 0 Å².